The SMILES string of the molecule is CC(C)C(C)CNCc1ccc(C(N)=NO)cc1. The molecule has 18 heavy (non-hydrogen) atoms. The molecule has 0 aromatic heterocycles. The summed E-state index contributed by atoms with van der Waals surface area (Å²) >= 11 is 0. The fourth-order valence-corrected chi connectivity index (χ4v) is 1.53. The summed E-state index contributed by atoms with van der Waals surface area (Å²) in [4.78, 5) is 0. The lowest BCUT2D eigenvalue weighted by atomic mass is 9.98. The van der Waals surface area contributed by atoms with E-state index < -0.39 is 0 Å². The van der Waals surface area contributed by atoms with Crippen LogP contribution in [0.2, 0.25) is 0 Å². The normalized spacial score (nSPS) is 13.9. The molecule has 0 bridgehead atoms. The summed E-state index contributed by atoms with van der Waals surface area (Å²) in [6.45, 7) is 8.57. The third kappa shape index (κ3) is 4.37. The van der Waals surface area contributed by atoms with E-state index in [1.54, 1.807) is 0 Å². The van der Waals surface area contributed by atoms with Crippen LogP contribution in [0.3, 0.4) is 0 Å². The average Bonchev–Trinajstić information content (AvgIpc) is 2.38. The van der Waals surface area contributed by atoms with Gasteiger partial charge >= 0.3 is 0 Å². The van der Waals surface area contributed by atoms with E-state index >= 15 is 0 Å². The summed E-state index contributed by atoms with van der Waals surface area (Å²) in [5, 5.41) is 15.0. The topological polar surface area (TPSA) is 70.6 Å². The van der Waals surface area contributed by atoms with Crippen molar-refractivity contribution in [3.8, 4) is 0 Å². The van der Waals surface area contributed by atoms with Gasteiger partial charge in [0.2, 0.25) is 0 Å². The molecule has 0 amide bonds. The van der Waals surface area contributed by atoms with Crippen molar-refractivity contribution >= 4 is 5.84 Å². The second-order valence-corrected chi connectivity index (χ2v) is 5.03. The third-order valence-electron chi connectivity index (χ3n) is 3.29. The first-order valence-electron chi connectivity index (χ1n) is 6.32. The van der Waals surface area contributed by atoms with E-state index in [2.05, 4.69) is 31.2 Å². The Morgan fingerprint density at radius 3 is 2.39 bits per heavy atom. The van der Waals surface area contributed by atoms with Gasteiger partial charge in [-0.05, 0) is 23.9 Å². The van der Waals surface area contributed by atoms with Crippen LogP contribution in [-0.2, 0) is 6.54 Å². The summed E-state index contributed by atoms with van der Waals surface area (Å²) in [5.74, 6) is 1.50. The maximum absolute atomic E-state index is 8.56. The zero-order valence-corrected chi connectivity index (χ0v) is 11.4. The number of amidine groups is 1. The van der Waals surface area contributed by atoms with Gasteiger partial charge in [-0.1, -0.05) is 50.2 Å². The van der Waals surface area contributed by atoms with Gasteiger partial charge in [-0.25, -0.2) is 0 Å². The van der Waals surface area contributed by atoms with Gasteiger partial charge in [0.1, 0.15) is 0 Å². The van der Waals surface area contributed by atoms with Crippen molar-refractivity contribution in [2.24, 2.45) is 22.7 Å². The molecule has 0 spiro atoms. The lowest BCUT2D eigenvalue weighted by Crippen LogP contribution is -2.23. The van der Waals surface area contributed by atoms with Gasteiger partial charge in [0, 0.05) is 12.1 Å². The molecule has 0 saturated carbocycles. The molecule has 0 aliphatic heterocycles. The summed E-state index contributed by atoms with van der Waals surface area (Å²) < 4.78 is 0. The number of hydrogen-bond acceptors (Lipinski definition) is 3. The quantitative estimate of drug-likeness (QED) is 0.313. The van der Waals surface area contributed by atoms with E-state index in [9.17, 15) is 0 Å². The lowest BCUT2D eigenvalue weighted by Gasteiger charge is -2.16. The molecule has 0 saturated heterocycles. The van der Waals surface area contributed by atoms with E-state index in [1.165, 1.54) is 5.56 Å². The highest BCUT2D eigenvalue weighted by Crippen LogP contribution is 2.08. The predicted molar refractivity (Wildman–Crippen MR) is 74.7 cm³/mol. The standard InChI is InChI=1S/C14H23N3O/c1-10(2)11(3)8-16-9-12-4-6-13(7-5-12)14(15)17-18/h4-7,10-11,16,18H,8-9H2,1-3H3,(H2,15,17). The molecular weight excluding hydrogens is 226 g/mol. The Morgan fingerprint density at radius 2 is 1.89 bits per heavy atom. The van der Waals surface area contributed by atoms with Gasteiger partial charge in [0.25, 0.3) is 0 Å². The van der Waals surface area contributed by atoms with Crippen LogP contribution in [0, 0.1) is 11.8 Å². The van der Waals surface area contributed by atoms with Crippen molar-refractivity contribution < 1.29 is 5.21 Å². The summed E-state index contributed by atoms with van der Waals surface area (Å²) in [6, 6.07) is 7.69. The minimum absolute atomic E-state index is 0.142. The van der Waals surface area contributed by atoms with Crippen molar-refractivity contribution in [3.05, 3.63) is 35.4 Å². The highest BCUT2D eigenvalue weighted by molar-refractivity contribution is 5.96. The molecule has 4 heteroatoms. The lowest BCUT2D eigenvalue weighted by molar-refractivity contribution is 0.318. The number of hydrogen-bond donors (Lipinski definition) is 3. The van der Waals surface area contributed by atoms with Crippen LogP contribution in [0.4, 0.5) is 0 Å². The van der Waals surface area contributed by atoms with Crippen molar-refractivity contribution in [2.45, 2.75) is 27.3 Å². The zero-order valence-electron chi connectivity index (χ0n) is 11.4. The number of benzene rings is 1. The Kier molecular flexibility index (Phi) is 5.65. The summed E-state index contributed by atoms with van der Waals surface area (Å²) in [5.41, 5.74) is 7.43. The fraction of sp³-hybridized carbons (Fsp3) is 0.500. The maximum atomic E-state index is 8.56. The number of nitrogens with one attached hydrogen (secondary N) is 1. The van der Waals surface area contributed by atoms with E-state index in [0.29, 0.717) is 11.8 Å². The Labute approximate surface area is 109 Å². The van der Waals surface area contributed by atoms with Gasteiger partial charge in [-0.2, -0.15) is 0 Å². The molecule has 0 radical (unpaired) electrons. The molecule has 1 aromatic rings. The Balaban J connectivity index is 2.45. The van der Waals surface area contributed by atoms with Crippen molar-refractivity contribution in [3.63, 3.8) is 0 Å². The molecule has 0 heterocycles. The van der Waals surface area contributed by atoms with Crippen LogP contribution in [0.1, 0.15) is 31.9 Å². The smallest absolute Gasteiger partial charge is 0.170 e. The zero-order chi connectivity index (χ0) is 13.5. The van der Waals surface area contributed by atoms with E-state index in [-0.39, 0.29) is 5.84 Å². The molecule has 1 rings (SSSR count). The molecule has 0 aliphatic rings. The van der Waals surface area contributed by atoms with Crippen molar-refractivity contribution in [2.75, 3.05) is 6.54 Å². The first-order valence-corrected chi connectivity index (χ1v) is 6.32. The maximum Gasteiger partial charge on any atom is 0.170 e. The van der Waals surface area contributed by atoms with Gasteiger partial charge in [0.05, 0.1) is 0 Å². The minimum Gasteiger partial charge on any atom is -0.409 e. The molecule has 4 nitrogen and oxygen atoms in total. The molecule has 1 aromatic carbocycles. The molecule has 4 N–H and O–H groups in total. The molecule has 1 unspecified atom stereocenters. The number of nitrogens with two attached hydrogens (primary N) is 1. The van der Waals surface area contributed by atoms with Gasteiger partial charge in [0.15, 0.2) is 5.84 Å². The molecular formula is C14H23N3O. The van der Waals surface area contributed by atoms with Crippen LogP contribution in [0.5, 0.6) is 0 Å². The van der Waals surface area contributed by atoms with E-state index in [0.717, 1.165) is 18.7 Å². The third-order valence-corrected chi connectivity index (χ3v) is 3.29. The van der Waals surface area contributed by atoms with Crippen molar-refractivity contribution in [1.29, 1.82) is 0 Å². The molecule has 0 fully saturated rings. The van der Waals surface area contributed by atoms with Gasteiger partial charge < -0.3 is 16.3 Å². The summed E-state index contributed by atoms with van der Waals surface area (Å²) in [7, 11) is 0. The number of nitrogens with zero attached hydrogens (tertiary/aromatic N) is 1. The van der Waals surface area contributed by atoms with Crippen LogP contribution >= 0.6 is 0 Å². The largest absolute Gasteiger partial charge is 0.409 e. The second-order valence-electron chi connectivity index (χ2n) is 5.03. The van der Waals surface area contributed by atoms with Crippen LogP contribution in [-0.4, -0.2) is 17.6 Å². The second kappa shape index (κ2) is 7.01. The Bertz CT molecular complexity index is 385. The monoisotopic (exact) mass is 249 g/mol. The van der Waals surface area contributed by atoms with Crippen LogP contribution < -0.4 is 11.1 Å². The highest BCUT2D eigenvalue weighted by Gasteiger charge is 2.06. The molecule has 1 atom stereocenters. The van der Waals surface area contributed by atoms with E-state index in [1.807, 2.05) is 24.3 Å². The number of rotatable bonds is 6. The first-order chi connectivity index (χ1) is 8.54. The number of oxime groups is 1. The average molecular weight is 249 g/mol. The van der Waals surface area contributed by atoms with Gasteiger partial charge in [-0.15, -0.1) is 0 Å². The van der Waals surface area contributed by atoms with Crippen LogP contribution in [0.15, 0.2) is 29.4 Å². The minimum atomic E-state index is 0.142. The Morgan fingerprint density at radius 1 is 1.28 bits per heavy atom. The first kappa shape index (κ1) is 14.5. The van der Waals surface area contributed by atoms with Crippen molar-refractivity contribution in [1.82, 2.24) is 5.32 Å². The highest BCUT2D eigenvalue weighted by atomic mass is 16.4. The fourth-order valence-electron chi connectivity index (χ4n) is 1.53. The Hall–Kier alpha value is -1.55. The van der Waals surface area contributed by atoms with Crippen LogP contribution in [0.25, 0.3) is 0 Å². The molecule has 0 aliphatic carbocycles. The molecule has 100 valence electrons. The summed E-state index contributed by atoms with van der Waals surface area (Å²) in [6.07, 6.45) is 0. The predicted octanol–water partition coefficient (Wildman–Crippen LogP) is 2.16. The van der Waals surface area contributed by atoms with Gasteiger partial charge in [-0.3, -0.25) is 0 Å². The van der Waals surface area contributed by atoms with E-state index in [4.69, 9.17) is 10.9 Å².